The molecule has 5 nitrogen and oxygen atoms in total. The second-order valence-corrected chi connectivity index (χ2v) is 5.77. The van der Waals surface area contributed by atoms with E-state index in [0.717, 1.165) is 25.9 Å². The summed E-state index contributed by atoms with van der Waals surface area (Å²) in [7, 11) is 1.58. The van der Waals surface area contributed by atoms with E-state index in [9.17, 15) is 9.59 Å². The molecule has 2 amide bonds. The first kappa shape index (κ1) is 13.9. The maximum absolute atomic E-state index is 12.5. The number of hydrogen-bond donors (Lipinski definition) is 1. The van der Waals surface area contributed by atoms with Crippen LogP contribution in [0.4, 0.5) is 5.69 Å². The number of methoxy groups -OCH3 is 1. The van der Waals surface area contributed by atoms with Crippen molar-refractivity contribution in [2.45, 2.75) is 25.7 Å². The molecule has 0 bridgehead atoms. The Morgan fingerprint density at radius 3 is 2.57 bits per heavy atom. The molecular formula is C16H20N2O3. The van der Waals surface area contributed by atoms with Crippen molar-refractivity contribution in [3.63, 3.8) is 0 Å². The van der Waals surface area contributed by atoms with Crippen LogP contribution in [-0.2, 0) is 9.59 Å². The van der Waals surface area contributed by atoms with Crippen LogP contribution in [0.2, 0.25) is 0 Å². The average Bonchev–Trinajstić information content (AvgIpc) is 3.14. The Balaban J connectivity index is 1.70. The van der Waals surface area contributed by atoms with Gasteiger partial charge in [0.25, 0.3) is 0 Å². The molecule has 5 heteroatoms. The third-order valence-corrected chi connectivity index (χ3v) is 4.31. The van der Waals surface area contributed by atoms with Crippen LogP contribution in [0, 0.1) is 5.41 Å². The summed E-state index contributed by atoms with van der Waals surface area (Å²) in [4.78, 5) is 26.9. The van der Waals surface area contributed by atoms with Crippen LogP contribution in [0.5, 0.6) is 5.75 Å². The molecule has 1 saturated heterocycles. The van der Waals surface area contributed by atoms with Gasteiger partial charge in [-0.15, -0.1) is 0 Å². The van der Waals surface area contributed by atoms with Crippen molar-refractivity contribution in [3.8, 4) is 5.75 Å². The Labute approximate surface area is 124 Å². The number of amides is 2. The Hall–Kier alpha value is -2.04. The van der Waals surface area contributed by atoms with E-state index in [2.05, 4.69) is 5.32 Å². The lowest BCUT2D eigenvalue weighted by molar-refractivity contribution is -0.141. The number of rotatable bonds is 4. The van der Waals surface area contributed by atoms with E-state index in [1.54, 1.807) is 19.2 Å². The van der Waals surface area contributed by atoms with Crippen molar-refractivity contribution in [2.75, 3.05) is 25.5 Å². The molecule has 1 saturated carbocycles. The minimum absolute atomic E-state index is 0.000367. The predicted molar refractivity (Wildman–Crippen MR) is 79.1 cm³/mol. The van der Waals surface area contributed by atoms with Gasteiger partial charge in [-0.25, -0.2) is 0 Å². The van der Waals surface area contributed by atoms with Crippen molar-refractivity contribution in [1.82, 2.24) is 4.90 Å². The number of nitrogens with zero attached hydrogens (tertiary/aromatic N) is 1. The maximum atomic E-state index is 12.5. The zero-order valence-corrected chi connectivity index (χ0v) is 12.2. The molecule has 1 heterocycles. The SMILES string of the molecule is COc1cccc(NC(=O)C2(C(=O)N3CCCC3)CC2)c1. The van der Waals surface area contributed by atoms with Crippen LogP contribution in [0.25, 0.3) is 0 Å². The fourth-order valence-electron chi connectivity index (χ4n) is 2.84. The van der Waals surface area contributed by atoms with E-state index in [1.807, 2.05) is 17.0 Å². The van der Waals surface area contributed by atoms with Gasteiger partial charge in [0.15, 0.2) is 0 Å². The zero-order valence-electron chi connectivity index (χ0n) is 12.2. The molecule has 1 aromatic rings. The van der Waals surface area contributed by atoms with Crippen molar-refractivity contribution >= 4 is 17.5 Å². The highest BCUT2D eigenvalue weighted by Gasteiger charge is 2.58. The maximum Gasteiger partial charge on any atom is 0.240 e. The molecule has 1 N–H and O–H groups in total. The number of nitrogens with one attached hydrogen (secondary N) is 1. The van der Waals surface area contributed by atoms with Crippen molar-refractivity contribution in [3.05, 3.63) is 24.3 Å². The second-order valence-electron chi connectivity index (χ2n) is 5.77. The van der Waals surface area contributed by atoms with Crippen LogP contribution in [0.15, 0.2) is 24.3 Å². The van der Waals surface area contributed by atoms with Gasteiger partial charge in [0, 0.05) is 24.8 Å². The smallest absolute Gasteiger partial charge is 0.240 e. The largest absolute Gasteiger partial charge is 0.497 e. The first-order chi connectivity index (χ1) is 10.2. The van der Waals surface area contributed by atoms with Crippen LogP contribution < -0.4 is 10.1 Å². The van der Waals surface area contributed by atoms with Crippen LogP contribution in [0.1, 0.15) is 25.7 Å². The van der Waals surface area contributed by atoms with Gasteiger partial charge in [0.05, 0.1) is 7.11 Å². The molecular weight excluding hydrogens is 268 g/mol. The molecule has 1 aliphatic heterocycles. The summed E-state index contributed by atoms with van der Waals surface area (Å²) in [5.41, 5.74) is -0.159. The first-order valence-corrected chi connectivity index (χ1v) is 7.41. The number of ether oxygens (including phenoxy) is 1. The summed E-state index contributed by atoms with van der Waals surface area (Å²) in [6, 6.07) is 7.19. The molecule has 1 aromatic carbocycles. The highest BCUT2D eigenvalue weighted by molar-refractivity contribution is 6.13. The summed E-state index contributed by atoms with van der Waals surface area (Å²) in [6.07, 6.45) is 3.38. The van der Waals surface area contributed by atoms with Crippen LogP contribution in [-0.4, -0.2) is 36.9 Å². The Kier molecular flexibility index (Phi) is 3.57. The van der Waals surface area contributed by atoms with Gasteiger partial charge >= 0.3 is 0 Å². The normalized spacial score (nSPS) is 19.2. The van der Waals surface area contributed by atoms with Gasteiger partial charge < -0.3 is 15.0 Å². The fourth-order valence-corrected chi connectivity index (χ4v) is 2.84. The number of carbonyl (C=O) groups excluding carboxylic acids is 2. The van der Waals surface area contributed by atoms with Gasteiger partial charge in [0.1, 0.15) is 11.2 Å². The Bertz CT molecular complexity index is 560. The van der Waals surface area contributed by atoms with Gasteiger partial charge in [-0.05, 0) is 37.8 Å². The lowest BCUT2D eigenvalue weighted by Gasteiger charge is -2.22. The summed E-state index contributed by atoms with van der Waals surface area (Å²) >= 11 is 0. The zero-order chi connectivity index (χ0) is 14.9. The van der Waals surface area contributed by atoms with E-state index in [1.165, 1.54) is 0 Å². The lowest BCUT2D eigenvalue weighted by atomic mass is 10.0. The quantitative estimate of drug-likeness (QED) is 0.863. The molecule has 112 valence electrons. The Morgan fingerprint density at radius 2 is 1.95 bits per heavy atom. The standard InChI is InChI=1S/C16H20N2O3/c1-21-13-6-4-5-12(11-13)17-14(19)16(7-8-16)15(20)18-9-2-3-10-18/h4-6,11H,2-3,7-10H2,1H3,(H,17,19). The summed E-state index contributed by atoms with van der Waals surface area (Å²) in [5, 5.41) is 2.86. The minimum Gasteiger partial charge on any atom is -0.497 e. The van der Waals surface area contributed by atoms with E-state index in [0.29, 0.717) is 24.3 Å². The summed E-state index contributed by atoms with van der Waals surface area (Å²) in [5.74, 6) is 0.497. The first-order valence-electron chi connectivity index (χ1n) is 7.41. The highest BCUT2D eigenvalue weighted by Crippen LogP contribution is 2.48. The molecule has 2 aliphatic rings. The van der Waals surface area contributed by atoms with Gasteiger partial charge in [0.2, 0.25) is 11.8 Å². The monoisotopic (exact) mass is 288 g/mol. The Morgan fingerprint density at radius 1 is 1.24 bits per heavy atom. The van der Waals surface area contributed by atoms with Gasteiger partial charge in [-0.1, -0.05) is 6.07 Å². The molecule has 0 spiro atoms. The summed E-state index contributed by atoms with van der Waals surface area (Å²) < 4.78 is 5.14. The highest BCUT2D eigenvalue weighted by atomic mass is 16.5. The van der Waals surface area contributed by atoms with Crippen LogP contribution in [0.3, 0.4) is 0 Å². The minimum atomic E-state index is -0.826. The molecule has 0 unspecified atom stereocenters. The molecule has 0 atom stereocenters. The van der Waals surface area contributed by atoms with Crippen molar-refractivity contribution in [1.29, 1.82) is 0 Å². The second kappa shape index (κ2) is 5.39. The fraction of sp³-hybridized carbons (Fsp3) is 0.500. The molecule has 0 aromatic heterocycles. The van der Waals surface area contributed by atoms with Gasteiger partial charge in [-0.3, -0.25) is 9.59 Å². The third kappa shape index (κ3) is 2.60. The van der Waals surface area contributed by atoms with Crippen LogP contribution >= 0.6 is 0 Å². The van der Waals surface area contributed by atoms with E-state index < -0.39 is 5.41 Å². The molecule has 21 heavy (non-hydrogen) atoms. The number of likely N-dealkylation sites (tertiary alicyclic amines) is 1. The third-order valence-electron chi connectivity index (χ3n) is 4.31. The molecule has 0 radical (unpaired) electrons. The molecule has 3 rings (SSSR count). The molecule has 2 fully saturated rings. The number of carbonyl (C=O) groups is 2. The van der Waals surface area contributed by atoms with E-state index in [-0.39, 0.29) is 11.8 Å². The number of hydrogen-bond acceptors (Lipinski definition) is 3. The molecule has 1 aliphatic carbocycles. The average molecular weight is 288 g/mol. The number of anilines is 1. The van der Waals surface area contributed by atoms with E-state index in [4.69, 9.17) is 4.74 Å². The van der Waals surface area contributed by atoms with Crippen molar-refractivity contribution < 1.29 is 14.3 Å². The topological polar surface area (TPSA) is 58.6 Å². The van der Waals surface area contributed by atoms with E-state index >= 15 is 0 Å². The lowest BCUT2D eigenvalue weighted by Crippen LogP contribution is -2.41. The number of benzene rings is 1. The predicted octanol–water partition coefficient (Wildman–Crippen LogP) is 2.04. The summed E-state index contributed by atoms with van der Waals surface area (Å²) in [6.45, 7) is 1.57. The van der Waals surface area contributed by atoms with Crippen molar-refractivity contribution in [2.24, 2.45) is 5.41 Å². The van der Waals surface area contributed by atoms with Gasteiger partial charge in [-0.2, -0.15) is 0 Å².